The summed E-state index contributed by atoms with van der Waals surface area (Å²) in [6.07, 6.45) is 1.33. The molecule has 2 heterocycles. The van der Waals surface area contributed by atoms with E-state index in [0.717, 1.165) is 11.3 Å². The number of hydrogen-bond acceptors (Lipinski definition) is 4. The van der Waals surface area contributed by atoms with Crippen LogP contribution >= 0.6 is 0 Å². The molecule has 1 aromatic heterocycles. The Kier molecular flexibility index (Phi) is 5.90. The molecule has 1 atom stereocenters. The van der Waals surface area contributed by atoms with E-state index in [1.165, 1.54) is 4.31 Å². The minimum atomic E-state index is -3.60. The van der Waals surface area contributed by atoms with Crippen LogP contribution in [0.1, 0.15) is 44.0 Å². The summed E-state index contributed by atoms with van der Waals surface area (Å²) in [7, 11) is -3.60. The number of aromatic nitrogens is 2. The third-order valence-corrected chi connectivity index (χ3v) is 6.89. The third kappa shape index (κ3) is 4.28. The monoisotopic (exact) mass is 404 g/mol. The number of sulfonamides is 1. The number of rotatable bonds is 5. The van der Waals surface area contributed by atoms with Crippen molar-refractivity contribution in [1.29, 1.82) is 0 Å². The molecular weight excluding hydrogens is 376 g/mol. The fraction of sp³-hybridized carbons (Fsp3) is 0.500. The largest absolute Gasteiger partial charge is 0.311 e. The molecule has 0 spiro atoms. The highest BCUT2D eigenvalue weighted by Gasteiger charge is 2.33. The first kappa shape index (κ1) is 20.5. The maximum atomic E-state index is 13.0. The van der Waals surface area contributed by atoms with Crippen LogP contribution in [0.5, 0.6) is 0 Å². The van der Waals surface area contributed by atoms with Crippen LogP contribution in [0.3, 0.4) is 0 Å². The van der Waals surface area contributed by atoms with E-state index >= 15 is 0 Å². The molecule has 1 aliphatic rings. The average molecular weight is 405 g/mol. The zero-order valence-corrected chi connectivity index (χ0v) is 17.7. The van der Waals surface area contributed by atoms with Crippen LogP contribution in [0.25, 0.3) is 0 Å². The molecule has 1 aromatic carbocycles. The zero-order valence-electron chi connectivity index (χ0n) is 16.8. The van der Waals surface area contributed by atoms with Gasteiger partial charge in [0.15, 0.2) is 0 Å². The van der Waals surface area contributed by atoms with Crippen molar-refractivity contribution in [2.24, 2.45) is 5.92 Å². The molecule has 1 fully saturated rings. The normalized spacial score (nSPS) is 18.4. The highest BCUT2D eigenvalue weighted by atomic mass is 32.2. The predicted octanol–water partition coefficient (Wildman–Crippen LogP) is 3.12. The van der Waals surface area contributed by atoms with Crippen molar-refractivity contribution < 1.29 is 13.2 Å². The molecule has 0 saturated carbocycles. The first-order chi connectivity index (χ1) is 13.2. The minimum absolute atomic E-state index is 0.119. The van der Waals surface area contributed by atoms with Crippen molar-refractivity contribution in [2.45, 2.75) is 51.5 Å². The van der Waals surface area contributed by atoms with Crippen molar-refractivity contribution in [3.05, 3.63) is 41.6 Å². The maximum absolute atomic E-state index is 13.0. The highest BCUT2D eigenvalue weighted by Crippen LogP contribution is 2.25. The van der Waals surface area contributed by atoms with Gasteiger partial charge in [0, 0.05) is 25.2 Å². The molecule has 0 bridgehead atoms. The van der Waals surface area contributed by atoms with Gasteiger partial charge in [-0.1, -0.05) is 17.7 Å². The number of carbonyl (C=O) groups is 1. The third-order valence-electron chi connectivity index (χ3n) is 5.01. The lowest BCUT2D eigenvalue weighted by atomic mass is 9.99. The Morgan fingerprint density at radius 3 is 2.54 bits per heavy atom. The van der Waals surface area contributed by atoms with Crippen LogP contribution in [0.15, 0.2) is 35.2 Å². The van der Waals surface area contributed by atoms with Crippen molar-refractivity contribution in [1.82, 2.24) is 14.1 Å². The first-order valence-electron chi connectivity index (χ1n) is 9.62. The summed E-state index contributed by atoms with van der Waals surface area (Å²) in [6, 6.07) is 8.78. The second-order valence-corrected chi connectivity index (χ2v) is 9.65. The number of benzene rings is 1. The second kappa shape index (κ2) is 8.05. The van der Waals surface area contributed by atoms with E-state index in [-0.39, 0.29) is 29.3 Å². The van der Waals surface area contributed by atoms with E-state index in [1.54, 1.807) is 28.9 Å². The summed E-state index contributed by atoms with van der Waals surface area (Å²) >= 11 is 0. The summed E-state index contributed by atoms with van der Waals surface area (Å²) in [4.78, 5) is 13.1. The number of carbonyl (C=O) groups excluding carboxylic acids is 1. The Morgan fingerprint density at radius 2 is 1.89 bits per heavy atom. The van der Waals surface area contributed by atoms with Crippen molar-refractivity contribution in [3.63, 3.8) is 0 Å². The van der Waals surface area contributed by atoms with E-state index in [9.17, 15) is 13.2 Å². The fourth-order valence-electron chi connectivity index (χ4n) is 3.47. The van der Waals surface area contributed by atoms with Gasteiger partial charge in [-0.3, -0.25) is 4.79 Å². The molecule has 1 amide bonds. The summed E-state index contributed by atoms with van der Waals surface area (Å²) < 4.78 is 29.1. The summed E-state index contributed by atoms with van der Waals surface area (Å²) in [6.45, 7) is 8.42. The van der Waals surface area contributed by atoms with E-state index in [1.807, 2.05) is 33.8 Å². The van der Waals surface area contributed by atoms with Gasteiger partial charge in [-0.05, 0) is 52.7 Å². The van der Waals surface area contributed by atoms with Gasteiger partial charge in [0.2, 0.25) is 15.9 Å². The van der Waals surface area contributed by atoms with Gasteiger partial charge in [0.1, 0.15) is 5.82 Å². The maximum Gasteiger partial charge on any atom is 0.243 e. The lowest BCUT2D eigenvalue weighted by Crippen LogP contribution is -2.43. The Bertz CT molecular complexity index is 948. The SMILES string of the molecule is Cc1ccc(S(=O)(=O)N2CCCC(C(=O)Nc3cc(C)nn3C(C)C)C2)cc1. The smallest absolute Gasteiger partial charge is 0.243 e. The van der Waals surface area contributed by atoms with Crippen LogP contribution in [0, 0.1) is 19.8 Å². The van der Waals surface area contributed by atoms with Crippen LogP contribution in [-0.4, -0.2) is 41.5 Å². The quantitative estimate of drug-likeness (QED) is 0.830. The standard InChI is InChI=1S/C20H28N4O3S/c1-14(2)24-19(12-16(4)22-24)21-20(25)17-6-5-11-23(13-17)28(26,27)18-9-7-15(3)8-10-18/h7-10,12,14,17H,5-6,11,13H2,1-4H3,(H,21,25). The Morgan fingerprint density at radius 1 is 1.21 bits per heavy atom. The predicted molar refractivity (Wildman–Crippen MR) is 109 cm³/mol. The van der Waals surface area contributed by atoms with E-state index in [2.05, 4.69) is 10.4 Å². The summed E-state index contributed by atoms with van der Waals surface area (Å²) in [5.41, 5.74) is 1.84. The Hall–Kier alpha value is -2.19. The zero-order chi connectivity index (χ0) is 20.5. The number of nitrogens with zero attached hydrogens (tertiary/aromatic N) is 3. The molecule has 152 valence electrons. The van der Waals surface area contributed by atoms with Gasteiger partial charge in [0.05, 0.1) is 16.5 Å². The second-order valence-electron chi connectivity index (χ2n) is 7.71. The van der Waals surface area contributed by atoms with E-state index < -0.39 is 10.0 Å². The van der Waals surface area contributed by atoms with Crippen molar-refractivity contribution in [3.8, 4) is 0 Å². The number of piperidine rings is 1. The van der Waals surface area contributed by atoms with Crippen molar-refractivity contribution in [2.75, 3.05) is 18.4 Å². The lowest BCUT2D eigenvalue weighted by Gasteiger charge is -2.31. The van der Waals surface area contributed by atoms with E-state index in [4.69, 9.17) is 0 Å². The van der Waals surface area contributed by atoms with Crippen LogP contribution in [0.4, 0.5) is 5.82 Å². The molecule has 1 saturated heterocycles. The van der Waals surface area contributed by atoms with Gasteiger partial charge in [-0.2, -0.15) is 9.40 Å². The highest BCUT2D eigenvalue weighted by molar-refractivity contribution is 7.89. The van der Waals surface area contributed by atoms with Gasteiger partial charge in [-0.15, -0.1) is 0 Å². The van der Waals surface area contributed by atoms with Gasteiger partial charge in [-0.25, -0.2) is 13.1 Å². The molecule has 1 aliphatic heterocycles. The minimum Gasteiger partial charge on any atom is -0.311 e. The summed E-state index contributed by atoms with van der Waals surface area (Å²) in [5, 5.41) is 7.35. The molecular formula is C20H28N4O3S. The Balaban J connectivity index is 1.74. The lowest BCUT2D eigenvalue weighted by molar-refractivity contribution is -0.120. The van der Waals surface area contributed by atoms with Crippen LogP contribution < -0.4 is 5.32 Å². The van der Waals surface area contributed by atoms with E-state index in [0.29, 0.717) is 25.2 Å². The topological polar surface area (TPSA) is 84.3 Å². The molecule has 1 N–H and O–H groups in total. The average Bonchev–Trinajstić information content (AvgIpc) is 3.02. The van der Waals surface area contributed by atoms with Gasteiger partial charge >= 0.3 is 0 Å². The van der Waals surface area contributed by atoms with Gasteiger partial charge in [0.25, 0.3) is 0 Å². The molecule has 0 aliphatic carbocycles. The van der Waals surface area contributed by atoms with Gasteiger partial charge < -0.3 is 5.32 Å². The fourth-order valence-corrected chi connectivity index (χ4v) is 4.99. The van der Waals surface area contributed by atoms with Crippen LogP contribution in [-0.2, 0) is 14.8 Å². The number of anilines is 1. The number of amides is 1. The molecule has 1 unspecified atom stereocenters. The molecule has 7 nitrogen and oxygen atoms in total. The number of aryl methyl sites for hydroxylation is 2. The number of hydrogen-bond donors (Lipinski definition) is 1. The Labute approximate surface area is 166 Å². The first-order valence-corrected chi connectivity index (χ1v) is 11.1. The van der Waals surface area contributed by atoms with Crippen molar-refractivity contribution >= 4 is 21.7 Å². The molecule has 2 aromatic rings. The number of nitrogens with one attached hydrogen (secondary N) is 1. The molecule has 0 radical (unpaired) electrons. The summed E-state index contributed by atoms with van der Waals surface area (Å²) in [5.74, 6) is 0.103. The molecule has 8 heteroatoms. The molecule has 3 rings (SSSR count). The molecule has 28 heavy (non-hydrogen) atoms. The van der Waals surface area contributed by atoms with Crippen LogP contribution in [0.2, 0.25) is 0 Å².